The summed E-state index contributed by atoms with van der Waals surface area (Å²) in [7, 11) is 0. The number of piperazine rings is 1. The number of rotatable bonds is 9. The Morgan fingerprint density at radius 3 is 2.69 bits per heavy atom. The second kappa shape index (κ2) is 10.3. The van der Waals surface area contributed by atoms with E-state index in [2.05, 4.69) is 60.1 Å². The molecule has 32 heavy (non-hydrogen) atoms. The molecule has 0 spiro atoms. The molecule has 9 heteroatoms. The maximum atomic E-state index is 12.0. The highest BCUT2D eigenvalue weighted by Crippen LogP contribution is 2.31. The lowest BCUT2D eigenvalue weighted by Crippen LogP contribution is -2.43. The number of carboxylic acids is 1. The fourth-order valence-corrected chi connectivity index (χ4v) is 4.32. The first kappa shape index (κ1) is 21.9. The van der Waals surface area contributed by atoms with Crippen molar-refractivity contribution in [1.82, 2.24) is 30.9 Å². The predicted octanol–water partition coefficient (Wildman–Crippen LogP) is 2.50. The van der Waals surface area contributed by atoms with Crippen molar-refractivity contribution in [3.8, 4) is 11.1 Å². The van der Waals surface area contributed by atoms with Gasteiger partial charge < -0.3 is 15.3 Å². The number of H-pyrrole nitrogens is 1. The van der Waals surface area contributed by atoms with E-state index in [1.807, 2.05) is 25.3 Å². The van der Waals surface area contributed by atoms with Gasteiger partial charge in [0.25, 0.3) is 0 Å². The highest BCUT2D eigenvalue weighted by atomic mass is 16.4. The summed E-state index contributed by atoms with van der Waals surface area (Å²) < 4.78 is 0. The zero-order valence-corrected chi connectivity index (χ0v) is 18.2. The molecule has 1 aliphatic heterocycles. The van der Waals surface area contributed by atoms with Crippen LogP contribution in [0.5, 0.6) is 0 Å². The molecule has 1 fully saturated rings. The molecule has 2 aromatic heterocycles. The van der Waals surface area contributed by atoms with Gasteiger partial charge >= 0.3 is 5.97 Å². The molecule has 0 saturated carbocycles. The Labute approximate surface area is 187 Å². The van der Waals surface area contributed by atoms with Gasteiger partial charge in [0.15, 0.2) is 5.82 Å². The average molecular weight is 436 g/mol. The van der Waals surface area contributed by atoms with Crippen LogP contribution >= 0.6 is 0 Å². The second-order valence-electron chi connectivity index (χ2n) is 8.16. The molecule has 3 N–H and O–H groups in total. The summed E-state index contributed by atoms with van der Waals surface area (Å²) >= 11 is 0. The Bertz CT molecular complexity index is 1000. The number of anilines is 1. The van der Waals surface area contributed by atoms with E-state index in [0.29, 0.717) is 18.7 Å². The number of nitrogens with one attached hydrogen (secondary N) is 2. The van der Waals surface area contributed by atoms with Crippen LogP contribution in [0.2, 0.25) is 0 Å². The third-order valence-corrected chi connectivity index (χ3v) is 6.00. The Morgan fingerprint density at radius 2 is 2.03 bits per heavy atom. The van der Waals surface area contributed by atoms with Crippen molar-refractivity contribution in [1.29, 1.82) is 0 Å². The molecule has 3 aromatic rings. The number of hydrogen-bond acceptors (Lipinski definition) is 7. The normalized spacial score (nSPS) is 16.0. The number of nitrogens with zero attached hydrogens (tertiary/aromatic N) is 5. The van der Waals surface area contributed by atoms with Gasteiger partial charge in [-0.05, 0) is 36.1 Å². The van der Waals surface area contributed by atoms with Gasteiger partial charge in [-0.2, -0.15) is 5.21 Å². The molecule has 0 radical (unpaired) electrons. The molecular formula is C23H29N7O2. The number of pyridine rings is 1. The molecule has 0 aliphatic carbocycles. The lowest BCUT2D eigenvalue weighted by molar-refractivity contribution is -0.142. The van der Waals surface area contributed by atoms with Crippen LogP contribution < -0.4 is 10.2 Å². The number of hydrogen-bond donors (Lipinski definition) is 3. The molecular weight excluding hydrogens is 406 g/mol. The third-order valence-electron chi connectivity index (χ3n) is 6.00. The van der Waals surface area contributed by atoms with Crippen LogP contribution in [-0.4, -0.2) is 62.9 Å². The van der Waals surface area contributed by atoms with Crippen LogP contribution in [-0.2, 0) is 11.2 Å². The van der Waals surface area contributed by atoms with Crippen molar-refractivity contribution in [3.05, 3.63) is 54.0 Å². The minimum absolute atomic E-state index is 0.352. The number of aliphatic carboxylic acids is 1. The largest absolute Gasteiger partial charge is 0.481 e. The number of aromatic nitrogens is 5. The first-order chi connectivity index (χ1) is 15.7. The highest BCUT2D eigenvalue weighted by Gasteiger charge is 2.32. The Balaban J connectivity index is 1.55. The highest BCUT2D eigenvalue weighted by molar-refractivity contribution is 5.71. The molecule has 168 valence electrons. The summed E-state index contributed by atoms with van der Waals surface area (Å²) in [5.74, 6) is -0.313. The van der Waals surface area contributed by atoms with Gasteiger partial charge in [0, 0.05) is 43.9 Å². The van der Waals surface area contributed by atoms with Crippen molar-refractivity contribution >= 4 is 11.8 Å². The van der Waals surface area contributed by atoms with Crippen LogP contribution in [0.4, 0.5) is 5.82 Å². The van der Waals surface area contributed by atoms with E-state index in [1.165, 1.54) is 0 Å². The quantitative estimate of drug-likeness (QED) is 0.469. The Hall–Kier alpha value is -3.33. The van der Waals surface area contributed by atoms with Crippen LogP contribution in [0, 0.1) is 5.92 Å². The maximum Gasteiger partial charge on any atom is 0.307 e. The van der Waals surface area contributed by atoms with Crippen molar-refractivity contribution < 1.29 is 9.90 Å². The van der Waals surface area contributed by atoms with Gasteiger partial charge in [0.05, 0.1) is 5.92 Å². The number of carboxylic acid groups (broad SMARTS) is 1. The zero-order valence-electron chi connectivity index (χ0n) is 18.2. The lowest BCUT2D eigenvalue weighted by atomic mass is 9.83. The first-order valence-corrected chi connectivity index (χ1v) is 11.1. The number of aromatic amines is 1. The lowest BCUT2D eigenvalue weighted by Gasteiger charge is -2.28. The Kier molecular flexibility index (Phi) is 7.06. The van der Waals surface area contributed by atoms with Gasteiger partial charge in [-0.1, -0.05) is 42.8 Å². The SMILES string of the molecule is CCC[C@H](C(=O)O)[C@H](Cc1cccc(-c2ccc(N3CCNCC3)nc2)c1)c1nn[nH]n1. The number of carbonyl (C=O) groups is 1. The van der Waals surface area contributed by atoms with Crippen molar-refractivity contribution in [2.45, 2.75) is 32.1 Å². The van der Waals surface area contributed by atoms with E-state index in [-0.39, 0.29) is 5.92 Å². The monoisotopic (exact) mass is 435 g/mol. The zero-order chi connectivity index (χ0) is 22.3. The van der Waals surface area contributed by atoms with Crippen LogP contribution in [0.1, 0.15) is 37.1 Å². The first-order valence-electron chi connectivity index (χ1n) is 11.1. The molecule has 1 aliphatic rings. The molecule has 0 amide bonds. The van der Waals surface area contributed by atoms with Gasteiger partial charge in [-0.25, -0.2) is 4.98 Å². The molecule has 0 unspecified atom stereocenters. The number of benzene rings is 1. The molecule has 2 atom stereocenters. The van der Waals surface area contributed by atoms with Gasteiger partial charge in [0.2, 0.25) is 0 Å². The van der Waals surface area contributed by atoms with E-state index in [9.17, 15) is 9.90 Å². The minimum Gasteiger partial charge on any atom is -0.481 e. The summed E-state index contributed by atoms with van der Waals surface area (Å²) in [5, 5.41) is 27.5. The van der Waals surface area contributed by atoms with Crippen molar-refractivity contribution in [2.24, 2.45) is 5.92 Å². The summed E-state index contributed by atoms with van der Waals surface area (Å²) in [4.78, 5) is 18.9. The van der Waals surface area contributed by atoms with Crippen molar-refractivity contribution in [2.75, 3.05) is 31.1 Å². The molecule has 9 nitrogen and oxygen atoms in total. The van der Waals surface area contributed by atoms with Crippen LogP contribution in [0.15, 0.2) is 42.6 Å². The third kappa shape index (κ3) is 5.11. The summed E-state index contributed by atoms with van der Waals surface area (Å²) in [6.45, 7) is 5.86. The summed E-state index contributed by atoms with van der Waals surface area (Å²) in [6, 6.07) is 12.3. The molecule has 4 rings (SSSR count). The van der Waals surface area contributed by atoms with Crippen LogP contribution in [0.3, 0.4) is 0 Å². The van der Waals surface area contributed by atoms with E-state index in [0.717, 1.165) is 55.1 Å². The summed E-state index contributed by atoms with van der Waals surface area (Å²) in [6.07, 6.45) is 3.77. The van der Waals surface area contributed by atoms with Gasteiger partial charge in [-0.3, -0.25) is 4.79 Å². The van der Waals surface area contributed by atoms with Gasteiger partial charge in [-0.15, -0.1) is 10.2 Å². The van der Waals surface area contributed by atoms with E-state index >= 15 is 0 Å². The fraction of sp³-hybridized carbons (Fsp3) is 0.435. The topological polar surface area (TPSA) is 120 Å². The van der Waals surface area contributed by atoms with Gasteiger partial charge in [0.1, 0.15) is 5.82 Å². The van der Waals surface area contributed by atoms with E-state index < -0.39 is 11.9 Å². The minimum atomic E-state index is -0.828. The maximum absolute atomic E-state index is 12.0. The predicted molar refractivity (Wildman–Crippen MR) is 121 cm³/mol. The Morgan fingerprint density at radius 1 is 1.19 bits per heavy atom. The van der Waals surface area contributed by atoms with Crippen LogP contribution in [0.25, 0.3) is 11.1 Å². The standard InChI is InChI=1S/C23H29N7O2/c1-2-4-19(23(31)32)20(22-26-28-29-27-22)14-16-5-3-6-17(13-16)18-7-8-21(25-15-18)30-11-9-24-10-12-30/h3,5-8,13,15,19-20,24H,2,4,9-12,14H2,1H3,(H,31,32)(H,26,27,28,29)/t19-,20-/m0/s1. The molecule has 1 aromatic carbocycles. The van der Waals surface area contributed by atoms with E-state index in [4.69, 9.17) is 0 Å². The second-order valence-corrected chi connectivity index (χ2v) is 8.16. The molecule has 1 saturated heterocycles. The van der Waals surface area contributed by atoms with E-state index in [1.54, 1.807) is 0 Å². The smallest absolute Gasteiger partial charge is 0.307 e. The summed E-state index contributed by atoms with van der Waals surface area (Å²) in [5.41, 5.74) is 3.12. The number of tetrazole rings is 1. The fourth-order valence-electron chi connectivity index (χ4n) is 4.32. The van der Waals surface area contributed by atoms with Crippen molar-refractivity contribution in [3.63, 3.8) is 0 Å². The molecule has 0 bridgehead atoms. The average Bonchev–Trinajstić information content (AvgIpc) is 3.37. The molecule has 3 heterocycles.